The van der Waals surface area contributed by atoms with Crippen molar-refractivity contribution in [2.45, 2.75) is 25.9 Å². The Hall–Kier alpha value is -1.74. The van der Waals surface area contributed by atoms with E-state index >= 15 is 0 Å². The van der Waals surface area contributed by atoms with Gasteiger partial charge in [0.2, 0.25) is 0 Å². The van der Waals surface area contributed by atoms with E-state index in [4.69, 9.17) is 0 Å². The first-order valence-electron chi connectivity index (χ1n) is 6.11. The number of hydrogen-bond donors (Lipinski definition) is 1. The highest BCUT2D eigenvalue weighted by Crippen LogP contribution is 2.26. The molecule has 1 unspecified atom stereocenters. The normalized spacial score (nSPS) is 14.2. The summed E-state index contributed by atoms with van der Waals surface area (Å²) in [5.41, 5.74) is 1.04. The summed E-state index contributed by atoms with van der Waals surface area (Å²) in [7, 11) is 0. The van der Waals surface area contributed by atoms with Crippen molar-refractivity contribution in [1.29, 1.82) is 0 Å². The maximum Gasteiger partial charge on any atom is 0.126 e. The first-order chi connectivity index (χ1) is 8.87. The van der Waals surface area contributed by atoms with E-state index in [1.165, 1.54) is 12.1 Å². The van der Waals surface area contributed by atoms with E-state index in [1.807, 2.05) is 31.2 Å². The maximum absolute atomic E-state index is 13.1. The van der Waals surface area contributed by atoms with Gasteiger partial charge in [-0.25, -0.2) is 8.78 Å². The van der Waals surface area contributed by atoms with Crippen molar-refractivity contribution in [3.05, 3.63) is 70.8 Å². The quantitative estimate of drug-likeness (QED) is 0.893. The lowest BCUT2D eigenvalue weighted by Gasteiger charge is -2.24. The lowest BCUT2D eigenvalue weighted by Crippen LogP contribution is -2.24. The molecule has 2 aromatic rings. The standard InChI is InChI=1S/C16H16F2O/c1-11-4-3-5-13(6-11)16(2,19)10-12-7-14(17)9-15(18)8-12/h3-9,19H,10H2,1-2H3. The molecule has 0 radical (unpaired) electrons. The van der Waals surface area contributed by atoms with Crippen molar-refractivity contribution < 1.29 is 13.9 Å². The molecule has 0 spiro atoms. The van der Waals surface area contributed by atoms with Gasteiger partial charge in [-0.05, 0) is 37.1 Å². The smallest absolute Gasteiger partial charge is 0.126 e. The molecule has 0 aliphatic carbocycles. The number of halogens is 2. The number of rotatable bonds is 3. The predicted molar refractivity (Wildman–Crippen MR) is 70.8 cm³/mol. The molecule has 0 saturated carbocycles. The van der Waals surface area contributed by atoms with Crippen LogP contribution in [0.4, 0.5) is 8.78 Å². The van der Waals surface area contributed by atoms with Crippen molar-refractivity contribution in [3.8, 4) is 0 Å². The number of benzene rings is 2. The number of aryl methyl sites for hydroxylation is 1. The molecule has 0 aliphatic rings. The lowest BCUT2D eigenvalue weighted by molar-refractivity contribution is 0.0574. The minimum Gasteiger partial charge on any atom is -0.385 e. The maximum atomic E-state index is 13.1. The van der Waals surface area contributed by atoms with Crippen LogP contribution in [-0.4, -0.2) is 5.11 Å². The first-order valence-corrected chi connectivity index (χ1v) is 6.11. The average molecular weight is 262 g/mol. The van der Waals surface area contributed by atoms with E-state index < -0.39 is 17.2 Å². The van der Waals surface area contributed by atoms with Crippen LogP contribution in [0, 0.1) is 18.6 Å². The van der Waals surface area contributed by atoms with Crippen molar-refractivity contribution in [2.75, 3.05) is 0 Å². The zero-order valence-corrected chi connectivity index (χ0v) is 11.0. The SMILES string of the molecule is Cc1cccc(C(C)(O)Cc2cc(F)cc(F)c2)c1. The Balaban J connectivity index is 2.30. The Morgan fingerprint density at radius 2 is 1.68 bits per heavy atom. The Labute approximate surface area is 111 Å². The van der Waals surface area contributed by atoms with Gasteiger partial charge < -0.3 is 5.11 Å². The molecule has 1 nitrogen and oxygen atoms in total. The Morgan fingerprint density at radius 3 is 2.26 bits per heavy atom. The molecule has 0 bridgehead atoms. The van der Waals surface area contributed by atoms with E-state index in [1.54, 1.807) is 6.92 Å². The molecule has 2 rings (SSSR count). The van der Waals surface area contributed by atoms with Gasteiger partial charge in [0.25, 0.3) is 0 Å². The van der Waals surface area contributed by atoms with Crippen LogP contribution in [0.15, 0.2) is 42.5 Å². The fourth-order valence-electron chi connectivity index (χ4n) is 2.19. The van der Waals surface area contributed by atoms with E-state index in [9.17, 15) is 13.9 Å². The monoisotopic (exact) mass is 262 g/mol. The second-order valence-electron chi connectivity index (χ2n) is 5.10. The third kappa shape index (κ3) is 3.38. The zero-order chi connectivity index (χ0) is 14.0. The van der Waals surface area contributed by atoms with Crippen LogP contribution in [0.1, 0.15) is 23.6 Å². The van der Waals surface area contributed by atoms with E-state index in [2.05, 4.69) is 0 Å². The molecule has 0 aliphatic heterocycles. The highest BCUT2D eigenvalue weighted by Gasteiger charge is 2.24. The molecule has 0 aromatic heterocycles. The molecule has 0 heterocycles. The van der Waals surface area contributed by atoms with Crippen LogP contribution in [0.25, 0.3) is 0 Å². The fourth-order valence-corrected chi connectivity index (χ4v) is 2.19. The summed E-state index contributed by atoms with van der Waals surface area (Å²) >= 11 is 0. The Kier molecular flexibility index (Phi) is 3.67. The van der Waals surface area contributed by atoms with Gasteiger partial charge in [0.15, 0.2) is 0 Å². The highest BCUT2D eigenvalue weighted by atomic mass is 19.1. The number of aliphatic hydroxyl groups is 1. The minimum atomic E-state index is -1.16. The Bertz CT molecular complexity index is 571. The van der Waals surface area contributed by atoms with Gasteiger partial charge in [0.05, 0.1) is 5.60 Å². The van der Waals surface area contributed by atoms with Crippen LogP contribution < -0.4 is 0 Å². The van der Waals surface area contributed by atoms with Gasteiger partial charge in [-0.15, -0.1) is 0 Å². The van der Waals surface area contributed by atoms with Crippen LogP contribution in [0.5, 0.6) is 0 Å². The Morgan fingerprint density at radius 1 is 1.05 bits per heavy atom. The second kappa shape index (κ2) is 5.10. The molecular formula is C16H16F2O. The minimum absolute atomic E-state index is 0.158. The number of hydrogen-bond acceptors (Lipinski definition) is 1. The van der Waals surface area contributed by atoms with Gasteiger partial charge in [0, 0.05) is 12.5 Å². The van der Waals surface area contributed by atoms with Gasteiger partial charge in [0.1, 0.15) is 11.6 Å². The summed E-state index contributed by atoms with van der Waals surface area (Å²) in [5, 5.41) is 10.5. The van der Waals surface area contributed by atoms with Gasteiger partial charge in [-0.2, -0.15) is 0 Å². The second-order valence-corrected chi connectivity index (χ2v) is 5.10. The molecule has 0 saturated heterocycles. The van der Waals surface area contributed by atoms with Gasteiger partial charge in [-0.1, -0.05) is 29.8 Å². The summed E-state index contributed by atoms with van der Waals surface area (Å²) in [5.74, 6) is -1.26. The van der Waals surface area contributed by atoms with Crippen molar-refractivity contribution in [3.63, 3.8) is 0 Å². The van der Waals surface area contributed by atoms with Crippen LogP contribution in [0.3, 0.4) is 0 Å². The highest BCUT2D eigenvalue weighted by molar-refractivity contribution is 5.30. The van der Waals surface area contributed by atoms with Crippen LogP contribution in [-0.2, 0) is 12.0 Å². The first kappa shape index (κ1) is 13.7. The molecule has 100 valence electrons. The summed E-state index contributed by atoms with van der Waals surface area (Å²) in [6, 6.07) is 10.8. The average Bonchev–Trinajstić information content (AvgIpc) is 2.26. The van der Waals surface area contributed by atoms with Gasteiger partial charge in [-0.3, -0.25) is 0 Å². The van der Waals surface area contributed by atoms with Crippen molar-refractivity contribution >= 4 is 0 Å². The molecule has 1 atom stereocenters. The largest absolute Gasteiger partial charge is 0.385 e. The van der Waals surface area contributed by atoms with E-state index in [0.29, 0.717) is 5.56 Å². The summed E-state index contributed by atoms with van der Waals surface area (Å²) in [6.45, 7) is 3.58. The molecule has 3 heteroatoms. The summed E-state index contributed by atoms with van der Waals surface area (Å²) in [4.78, 5) is 0. The third-order valence-corrected chi connectivity index (χ3v) is 3.11. The molecule has 1 N–H and O–H groups in total. The van der Waals surface area contributed by atoms with Crippen molar-refractivity contribution in [2.24, 2.45) is 0 Å². The molecule has 19 heavy (non-hydrogen) atoms. The van der Waals surface area contributed by atoms with Gasteiger partial charge >= 0.3 is 0 Å². The zero-order valence-electron chi connectivity index (χ0n) is 11.0. The summed E-state index contributed by atoms with van der Waals surface area (Å²) < 4.78 is 26.3. The third-order valence-electron chi connectivity index (χ3n) is 3.11. The molecular weight excluding hydrogens is 246 g/mol. The van der Waals surface area contributed by atoms with Crippen LogP contribution >= 0.6 is 0 Å². The summed E-state index contributed by atoms with van der Waals surface area (Å²) in [6.07, 6.45) is 0.158. The van der Waals surface area contributed by atoms with E-state index in [0.717, 1.165) is 17.2 Å². The predicted octanol–water partition coefficient (Wildman–Crippen LogP) is 3.72. The van der Waals surface area contributed by atoms with Crippen LogP contribution in [0.2, 0.25) is 0 Å². The van der Waals surface area contributed by atoms with E-state index in [-0.39, 0.29) is 6.42 Å². The lowest BCUT2D eigenvalue weighted by atomic mass is 9.88. The topological polar surface area (TPSA) is 20.2 Å². The molecule has 0 fully saturated rings. The molecule has 0 amide bonds. The van der Waals surface area contributed by atoms with Crippen molar-refractivity contribution in [1.82, 2.24) is 0 Å². The fraction of sp³-hybridized carbons (Fsp3) is 0.250. The molecule has 2 aromatic carbocycles.